The highest BCUT2D eigenvalue weighted by Gasteiger charge is 2.06. The van der Waals surface area contributed by atoms with Gasteiger partial charge in [-0.3, -0.25) is 0 Å². The first kappa shape index (κ1) is 8.26. The molecule has 0 saturated heterocycles. The molecule has 0 atom stereocenters. The molecule has 2 nitrogen and oxygen atoms in total. The minimum atomic E-state index is 0.788. The largest absolute Gasteiger partial charge is 0.398 e. The Morgan fingerprint density at radius 2 is 2.08 bits per heavy atom. The van der Waals surface area contributed by atoms with Gasteiger partial charge in [-0.15, -0.1) is 11.3 Å². The molecule has 1 aromatic carbocycles. The average Bonchev–Trinajstić information content (AvgIpc) is 2.52. The quantitative estimate of drug-likeness (QED) is 0.702. The third-order valence-electron chi connectivity index (χ3n) is 1.96. The van der Waals surface area contributed by atoms with Crippen LogP contribution in [0.4, 0.5) is 5.69 Å². The number of nitrogens with two attached hydrogens (primary N) is 1. The first-order chi connectivity index (χ1) is 6.29. The minimum absolute atomic E-state index is 0.788. The second-order valence-corrected chi connectivity index (χ2v) is 3.90. The van der Waals surface area contributed by atoms with Crippen LogP contribution in [0.5, 0.6) is 0 Å². The molecule has 1 aromatic heterocycles. The molecule has 2 rings (SSSR count). The summed E-state index contributed by atoms with van der Waals surface area (Å²) in [4.78, 5) is 5.49. The summed E-state index contributed by atoms with van der Waals surface area (Å²) in [6.07, 6.45) is 0. The van der Waals surface area contributed by atoms with Gasteiger partial charge in [-0.05, 0) is 13.0 Å². The van der Waals surface area contributed by atoms with Gasteiger partial charge in [-0.2, -0.15) is 0 Å². The van der Waals surface area contributed by atoms with Crippen molar-refractivity contribution in [3.05, 3.63) is 34.7 Å². The number of nitrogen functional groups attached to an aromatic ring is 1. The van der Waals surface area contributed by atoms with Crippen molar-refractivity contribution in [2.24, 2.45) is 0 Å². The monoisotopic (exact) mass is 190 g/mol. The Labute approximate surface area is 81.1 Å². The molecule has 0 amide bonds. The van der Waals surface area contributed by atoms with Crippen molar-refractivity contribution in [1.29, 1.82) is 0 Å². The van der Waals surface area contributed by atoms with Gasteiger partial charge in [0.15, 0.2) is 0 Å². The number of rotatable bonds is 1. The Hall–Kier alpha value is -1.35. The predicted molar refractivity (Wildman–Crippen MR) is 56.7 cm³/mol. The van der Waals surface area contributed by atoms with E-state index in [4.69, 9.17) is 5.73 Å². The van der Waals surface area contributed by atoms with Crippen LogP contribution in [0.1, 0.15) is 4.88 Å². The van der Waals surface area contributed by atoms with E-state index in [2.05, 4.69) is 11.9 Å². The number of benzene rings is 1. The van der Waals surface area contributed by atoms with Crippen molar-refractivity contribution in [3.8, 4) is 11.3 Å². The lowest BCUT2D eigenvalue weighted by molar-refractivity contribution is 1.38. The van der Waals surface area contributed by atoms with Crippen LogP contribution in [-0.2, 0) is 0 Å². The maximum absolute atomic E-state index is 5.85. The van der Waals surface area contributed by atoms with Gasteiger partial charge in [-0.1, -0.05) is 18.2 Å². The van der Waals surface area contributed by atoms with Gasteiger partial charge in [-0.25, -0.2) is 4.98 Å². The summed E-state index contributed by atoms with van der Waals surface area (Å²) in [5.41, 5.74) is 10.5. The Balaban J connectivity index is 2.59. The van der Waals surface area contributed by atoms with Gasteiger partial charge in [0.05, 0.1) is 11.2 Å². The van der Waals surface area contributed by atoms with Gasteiger partial charge >= 0.3 is 0 Å². The van der Waals surface area contributed by atoms with E-state index in [1.165, 1.54) is 4.88 Å². The smallest absolute Gasteiger partial charge is 0.0860 e. The molecule has 0 aliphatic carbocycles. The van der Waals surface area contributed by atoms with Crippen LogP contribution < -0.4 is 5.73 Å². The molecule has 2 aromatic rings. The fourth-order valence-electron chi connectivity index (χ4n) is 1.28. The first-order valence-electron chi connectivity index (χ1n) is 4.04. The van der Waals surface area contributed by atoms with Crippen LogP contribution in [0.3, 0.4) is 0 Å². The van der Waals surface area contributed by atoms with E-state index in [1.807, 2.05) is 29.8 Å². The highest BCUT2D eigenvalue weighted by Crippen LogP contribution is 2.28. The summed E-state index contributed by atoms with van der Waals surface area (Å²) >= 11 is 1.64. The van der Waals surface area contributed by atoms with E-state index in [1.54, 1.807) is 11.3 Å². The molecule has 13 heavy (non-hydrogen) atoms. The van der Waals surface area contributed by atoms with Gasteiger partial charge in [0, 0.05) is 16.1 Å². The Bertz CT molecular complexity index is 420. The van der Waals surface area contributed by atoms with Gasteiger partial charge in [0.2, 0.25) is 0 Å². The third-order valence-corrected chi connectivity index (χ3v) is 2.72. The Morgan fingerprint density at radius 1 is 1.31 bits per heavy atom. The zero-order valence-electron chi connectivity index (χ0n) is 7.32. The molecule has 0 bridgehead atoms. The summed E-state index contributed by atoms with van der Waals surface area (Å²) in [6.45, 7) is 2.06. The lowest BCUT2D eigenvalue weighted by Gasteiger charge is -2.02. The van der Waals surface area contributed by atoms with Gasteiger partial charge in [0.25, 0.3) is 0 Å². The molecular weight excluding hydrogens is 180 g/mol. The zero-order chi connectivity index (χ0) is 9.26. The first-order valence-corrected chi connectivity index (χ1v) is 4.92. The van der Waals surface area contributed by atoms with E-state index in [9.17, 15) is 0 Å². The maximum atomic E-state index is 5.85. The van der Waals surface area contributed by atoms with E-state index >= 15 is 0 Å². The molecule has 0 fully saturated rings. The normalized spacial score (nSPS) is 10.2. The molecule has 0 saturated carbocycles. The summed E-state index contributed by atoms with van der Waals surface area (Å²) in [5, 5.41) is 0. The second-order valence-electron chi connectivity index (χ2n) is 2.84. The van der Waals surface area contributed by atoms with Crippen molar-refractivity contribution < 1.29 is 0 Å². The third kappa shape index (κ3) is 1.42. The average molecular weight is 190 g/mol. The maximum Gasteiger partial charge on any atom is 0.0860 e. The molecule has 0 aliphatic rings. The van der Waals surface area contributed by atoms with E-state index in [0.29, 0.717) is 0 Å². The molecule has 0 spiro atoms. The van der Waals surface area contributed by atoms with Crippen LogP contribution in [0.15, 0.2) is 29.8 Å². The summed E-state index contributed by atoms with van der Waals surface area (Å²) in [5.74, 6) is 0. The number of aromatic nitrogens is 1. The molecule has 0 aliphatic heterocycles. The number of para-hydroxylation sites is 1. The zero-order valence-corrected chi connectivity index (χ0v) is 8.14. The fraction of sp³-hybridized carbons (Fsp3) is 0.100. The highest BCUT2D eigenvalue weighted by molar-refractivity contribution is 7.10. The predicted octanol–water partition coefficient (Wildman–Crippen LogP) is 2.70. The minimum Gasteiger partial charge on any atom is -0.398 e. The summed E-state index contributed by atoms with van der Waals surface area (Å²) < 4.78 is 0. The molecule has 0 unspecified atom stereocenters. The highest BCUT2D eigenvalue weighted by atomic mass is 32.1. The van der Waals surface area contributed by atoms with E-state index in [0.717, 1.165) is 16.9 Å². The lowest BCUT2D eigenvalue weighted by Crippen LogP contribution is -1.89. The van der Waals surface area contributed by atoms with Crippen LogP contribution in [0.25, 0.3) is 11.3 Å². The molecule has 66 valence electrons. The molecule has 1 heterocycles. The van der Waals surface area contributed by atoms with Gasteiger partial charge in [0.1, 0.15) is 0 Å². The van der Waals surface area contributed by atoms with Crippen molar-refractivity contribution in [2.45, 2.75) is 6.92 Å². The van der Waals surface area contributed by atoms with E-state index in [-0.39, 0.29) is 0 Å². The summed E-state index contributed by atoms with van der Waals surface area (Å²) in [6, 6.07) is 7.80. The molecular formula is C10H10N2S. The molecule has 0 radical (unpaired) electrons. The number of aryl methyl sites for hydroxylation is 1. The van der Waals surface area contributed by atoms with Crippen molar-refractivity contribution in [1.82, 2.24) is 4.98 Å². The number of nitrogens with zero attached hydrogens (tertiary/aromatic N) is 1. The van der Waals surface area contributed by atoms with Crippen molar-refractivity contribution >= 4 is 17.0 Å². The fourth-order valence-corrected chi connectivity index (χ4v) is 1.87. The van der Waals surface area contributed by atoms with Crippen molar-refractivity contribution in [2.75, 3.05) is 5.73 Å². The van der Waals surface area contributed by atoms with Crippen molar-refractivity contribution in [3.63, 3.8) is 0 Å². The second kappa shape index (κ2) is 3.18. The molecule has 2 N–H and O–H groups in total. The summed E-state index contributed by atoms with van der Waals surface area (Å²) in [7, 11) is 0. The Kier molecular flexibility index (Phi) is 2.02. The van der Waals surface area contributed by atoms with Crippen LogP contribution >= 0.6 is 11.3 Å². The SMILES string of the molecule is Cc1scnc1-c1ccccc1N. The number of hydrogen-bond acceptors (Lipinski definition) is 3. The van der Waals surface area contributed by atoms with Crippen LogP contribution in [0.2, 0.25) is 0 Å². The van der Waals surface area contributed by atoms with Crippen LogP contribution in [-0.4, -0.2) is 4.98 Å². The van der Waals surface area contributed by atoms with Crippen LogP contribution in [0, 0.1) is 6.92 Å². The number of thiazole rings is 1. The van der Waals surface area contributed by atoms with Gasteiger partial charge < -0.3 is 5.73 Å². The topological polar surface area (TPSA) is 38.9 Å². The molecule has 3 heteroatoms. The number of anilines is 1. The lowest BCUT2D eigenvalue weighted by atomic mass is 10.1. The standard InChI is InChI=1S/C10H10N2S/c1-7-10(12-6-13-7)8-4-2-3-5-9(8)11/h2-6H,11H2,1H3. The van der Waals surface area contributed by atoms with E-state index < -0.39 is 0 Å². The number of hydrogen-bond donors (Lipinski definition) is 1. The Morgan fingerprint density at radius 3 is 2.69 bits per heavy atom.